The van der Waals surface area contributed by atoms with Gasteiger partial charge in [0.05, 0.1) is 6.54 Å². The van der Waals surface area contributed by atoms with Crippen molar-refractivity contribution < 1.29 is 4.79 Å². The van der Waals surface area contributed by atoms with E-state index in [4.69, 9.17) is 0 Å². The van der Waals surface area contributed by atoms with Crippen LogP contribution in [0.5, 0.6) is 0 Å². The zero-order valence-electron chi connectivity index (χ0n) is 9.27. The Bertz CT molecular complexity index is 538. The van der Waals surface area contributed by atoms with E-state index in [9.17, 15) is 4.79 Å². The number of carbonyl (C=O) groups excluding carboxylic acids is 1. The van der Waals surface area contributed by atoms with Gasteiger partial charge in [0.2, 0.25) is 5.91 Å². The molecule has 17 heavy (non-hydrogen) atoms. The number of amides is 1. The molecule has 0 bridgehead atoms. The molecule has 7 heteroatoms. The molecule has 1 amide bonds. The third-order valence-electron chi connectivity index (χ3n) is 2.14. The second kappa shape index (κ2) is 5.13. The number of likely N-dealkylation sites (N-methyl/N-ethyl adjacent to an activating group) is 1. The molecule has 0 atom stereocenters. The largest absolute Gasteiger partial charge is 0.358 e. The minimum absolute atomic E-state index is 0.0704. The number of anilines is 1. The maximum absolute atomic E-state index is 11.3. The summed E-state index contributed by atoms with van der Waals surface area (Å²) in [5.41, 5.74) is 0.692. The smallest absolute Gasteiger partial charge is 0.239 e. The van der Waals surface area contributed by atoms with Crippen LogP contribution in [0.3, 0.4) is 0 Å². The highest BCUT2D eigenvalue weighted by atomic mass is 79.9. The highest BCUT2D eigenvalue weighted by molar-refractivity contribution is 9.10. The molecule has 0 saturated heterocycles. The van der Waals surface area contributed by atoms with Crippen LogP contribution in [0.1, 0.15) is 6.92 Å². The summed E-state index contributed by atoms with van der Waals surface area (Å²) < 4.78 is 2.51. The quantitative estimate of drug-likeness (QED) is 0.885. The lowest BCUT2D eigenvalue weighted by Gasteiger charge is -2.07. The Morgan fingerprint density at radius 2 is 2.41 bits per heavy atom. The summed E-state index contributed by atoms with van der Waals surface area (Å²) in [6.45, 7) is 2.67. The Labute approximate surface area is 107 Å². The number of fused-ring (bicyclic) bond motifs is 1. The minimum atomic E-state index is -0.0704. The molecule has 0 aliphatic rings. The lowest BCUT2D eigenvalue weighted by molar-refractivity contribution is -0.119. The summed E-state index contributed by atoms with van der Waals surface area (Å²) in [5, 5.41) is 5.67. The van der Waals surface area contributed by atoms with E-state index < -0.39 is 0 Å². The van der Waals surface area contributed by atoms with Gasteiger partial charge in [-0.05, 0) is 22.9 Å². The molecule has 2 heterocycles. The highest BCUT2D eigenvalue weighted by Crippen LogP contribution is 2.16. The Balaban J connectivity index is 2.17. The predicted octanol–water partition coefficient (Wildman–Crippen LogP) is 1.04. The number of nitrogens with one attached hydrogen (secondary N) is 2. The summed E-state index contributed by atoms with van der Waals surface area (Å²) in [7, 11) is 0. The molecule has 0 radical (unpaired) electrons. The molecule has 2 aromatic heterocycles. The first kappa shape index (κ1) is 11.8. The zero-order chi connectivity index (χ0) is 12.3. The third kappa shape index (κ3) is 2.73. The molecule has 0 saturated carbocycles. The van der Waals surface area contributed by atoms with Crippen LogP contribution in [0, 0.1) is 0 Å². The van der Waals surface area contributed by atoms with Crippen molar-refractivity contribution in [2.24, 2.45) is 0 Å². The average molecular weight is 298 g/mol. The Kier molecular flexibility index (Phi) is 3.58. The van der Waals surface area contributed by atoms with E-state index in [0.29, 0.717) is 22.6 Å². The van der Waals surface area contributed by atoms with Crippen molar-refractivity contribution in [3.63, 3.8) is 0 Å². The first-order valence-electron chi connectivity index (χ1n) is 5.20. The van der Waals surface area contributed by atoms with Crippen molar-refractivity contribution in [3.05, 3.63) is 23.2 Å². The Morgan fingerprint density at radius 1 is 1.59 bits per heavy atom. The van der Waals surface area contributed by atoms with Crippen LogP contribution in [0.25, 0.3) is 5.65 Å². The van der Waals surface area contributed by atoms with Gasteiger partial charge in [-0.3, -0.25) is 4.79 Å². The number of carbonyl (C=O) groups is 1. The molecule has 0 spiro atoms. The van der Waals surface area contributed by atoms with Gasteiger partial charge in [0.1, 0.15) is 4.60 Å². The molecule has 2 rings (SSSR count). The fourth-order valence-corrected chi connectivity index (χ4v) is 1.84. The first-order chi connectivity index (χ1) is 8.20. The van der Waals surface area contributed by atoms with Gasteiger partial charge in [0.25, 0.3) is 0 Å². The van der Waals surface area contributed by atoms with Crippen molar-refractivity contribution in [2.45, 2.75) is 6.92 Å². The topological polar surface area (TPSA) is 71.3 Å². The Hall–Kier alpha value is -1.63. The minimum Gasteiger partial charge on any atom is -0.358 e. The van der Waals surface area contributed by atoms with E-state index in [2.05, 4.69) is 36.5 Å². The average Bonchev–Trinajstić information content (AvgIpc) is 2.74. The number of rotatable bonds is 4. The Morgan fingerprint density at radius 3 is 3.18 bits per heavy atom. The van der Waals surface area contributed by atoms with Crippen LogP contribution >= 0.6 is 15.9 Å². The van der Waals surface area contributed by atoms with E-state index in [-0.39, 0.29) is 12.5 Å². The molecule has 6 nitrogen and oxygen atoms in total. The SMILES string of the molecule is CCNC(=O)CNc1nc(Br)cn2ccnc12. The standard InChI is InChI=1S/C10H12BrN5O/c1-2-12-8(17)5-14-9-10-13-3-4-16(10)6-7(11)15-9/h3-4,6H,2,5H2,1H3,(H,12,17)(H,14,15). The van der Waals surface area contributed by atoms with E-state index in [1.54, 1.807) is 12.4 Å². The number of nitrogens with zero attached hydrogens (tertiary/aromatic N) is 3. The molecule has 0 aliphatic heterocycles. The molecule has 0 fully saturated rings. The van der Waals surface area contributed by atoms with Crippen molar-refractivity contribution >= 4 is 33.3 Å². The predicted molar refractivity (Wildman–Crippen MR) is 67.9 cm³/mol. The number of hydrogen-bond acceptors (Lipinski definition) is 4. The maximum atomic E-state index is 11.3. The molecule has 2 N–H and O–H groups in total. The van der Waals surface area contributed by atoms with E-state index in [1.807, 2.05) is 17.5 Å². The molecular weight excluding hydrogens is 286 g/mol. The maximum Gasteiger partial charge on any atom is 0.239 e. The van der Waals surface area contributed by atoms with Gasteiger partial charge in [-0.25, -0.2) is 9.97 Å². The van der Waals surface area contributed by atoms with Crippen LogP contribution in [0.15, 0.2) is 23.2 Å². The summed E-state index contributed by atoms with van der Waals surface area (Å²) in [6.07, 6.45) is 5.31. The van der Waals surface area contributed by atoms with Crippen LogP contribution in [0.2, 0.25) is 0 Å². The first-order valence-corrected chi connectivity index (χ1v) is 5.99. The van der Waals surface area contributed by atoms with Crippen LogP contribution < -0.4 is 10.6 Å². The molecule has 2 aromatic rings. The molecule has 90 valence electrons. The lowest BCUT2D eigenvalue weighted by Crippen LogP contribution is -2.29. The van der Waals surface area contributed by atoms with Gasteiger partial charge in [-0.2, -0.15) is 0 Å². The van der Waals surface area contributed by atoms with Crippen molar-refractivity contribution in [1.29, 1.82) is 0 Å². The van der Waals surface area contributed by atoms with Crippen molar-refractivity contribution in [2.75, 3.05) is 18.4 Å². The zero-order valence-corrected chi connectivity index (χ0v) is 10.9. The third-order valence-corrected chi connectivity index (χ3v) is 2.52. The highest BCUT2D eigenvalue weighted by Gasteiger charge is 2.07. The van der Waals surface area contributed by atoms with E-state index in [0.717, 1.165) is 0 Å². The monoisotopic (exact) mass is 297 g/mol. The number of imidazole rings is 1. The van der Waals surface area contributed by atoms with Crippen LogP contribution in [-0.4, -0.2) is 33.4 Å². The molecular formula is C10H12BrN5O. The van der Waals surface area contributed by atoms with Gasteiger partial charge in [-0.15, -0.1) is 0 Å². The second-order valence-corrected chi connectivity index (χ2v) is 4.19. The number of halogens is 1. The van der Waals surface area contributed by atoms with Gasteiger partial charge in [0.15, 0.2) is 11.5 Å². The van der Waals surface area contributed by atoms with Crippen LogP contribution in [0.4, 0.5) is 5.82 Å². The van der Waals surface area contributed by atoms with Gasteiger partial charge in [-0.1, -0.05) is 0 Å². The summed E-state index contributed by atoms with van der Waals surface area (Å²) in [6, 6.07) is 0. The summed E-state index contributed by atoms with van der Waals surface area (Å²) in [5.74, 6) is 0.509. The van der Waals surface area contributed by atoms with E-state index in [1.165, 1.54) is 0 Å². The molecule has 0 unspecified atom stereocenters. The van der Waals surface area contributed by atoms with Gasteiger partial charge in [0, 0.05) is 25.1 Å². The molecule has 0 aliphatic carbocycles. The fourth-order valence-electron chi connectivity index (χ4n) is 1.44. The second-order valence-electron chi connectivity index (χ2n) is 3.38. The summed E-state index contributed by atoms with van der Waals surface area (Å²) >= 11 is 3.31. The summed E-state index contributed by atoms with van der Waals surface area (Å²) in [4.78, 5) is 19.8. The van der Waals surface area contributed by atoms with Gasteiger partial charge >= 0.3 is 0 Å². The lowest BCUT2D eigenvalue weighted by atomic mass is 10.5. The van der Waals surface area contributed by atoms with Crippen LogP contribution in [-0.2, 0) is 4.79 Å². The fraction of sp³-hybridized carbons (Fsp3) is 0.300. The number of aromatic nitrogens is 3. The number of hydrogen-bond donors (Lipinski definition) is 2. The van der Waals surface area contributed by atoms with Gasteiger partial charge < -0.3 is 15.0 Å². The normalized spacial score (nSPS) is 10.5. The molecule has 0 aromatic carbocycles. The van der Waals surface area contributed by atoms with E-state index >= 15 is 0 Å². The van der Waals surface area contributed by atoms with Crippen molar-refractivity contribution in [1.82, 2.24) is 19.7 Å². The van der Waals surface area contributed by atoms with Crippen molar-refractivity contribution in [3.8, 4) is 0 Å².